The Kier molecular flexibility index (Phi) is 17.4. The summed E-state index contributed by atoms with van der Waals surface area (Å²) >= 11 is 4.72. The van der Waals surface area contributed by atoms with E-state index in [0.717, 1.165) is 83.2 Å². The van der Waals surface area contributed by atoms with Gasteiger partial charge < -0.3 is 14.3 Å². The van der Waals surface area contributed by atoms with E-state index in [9.17, 15) is 9.59 Å². The van der Waals surface area contributed by atoms with Gasteiger partial charge in [0.05, 0.1) is 10.7 Å². The molecule has 0 radical (unpaired) electrons. The topological polar surface area (TPSA) is 76.5 Å². The third-order valence-electron chi connectivity index (χ3n) is 8.94. The van der Waals surface area contributed by atoms with Gasteiger partial charge in [0, 0.05) is 52.0 Å². The van der Waals surface area contributed by atoms with Crippen LogP contribution in [0.5, 0.6) is 0 Å². The Bertz CT molecular complexity index is 1690. The number of rotatable bonds is 14. The number of nitrogens with one attached hydrogen (secondary N) is 1. The van der Waals surface area contributed by atoms with E-state index in [-0.39, 0.29) is 10.9 Å². The van der Waals surface area contributed by atoms with E-state index >= 15 is 0 Å². The fourth-order valence-electron chi connectivity index (χ4n) is 6.11. The summed E-state index contributed by atoms with van der Waals surface area (Å²) in [4.78, 5) is 32.4. The zero-order valence-electron chi connectivity index (χ0n) is 29.2. The number of thiocarbonyl (C=S) groups is 1. The average molecular weight is 658 g/mol. The van der Waals surface area contributed by atoms with Gasteiger partial charge in [0.1, 0.15) is 6.67 Å². The van der Waals surface area contributed by atoms with Gasteiger partial charge in [-0.1, -0.05) is 89.5 Å². The van der Waals surface area contributed by atoms with Crippen molar-refractivity contribution in [2.45, 2.75) is 124 Å². The molecule has 6 nitrogen and oxygen atoms in total. The first kappa shape index (κ1) is 38.1. The molecule has 0 aliphatic carbocycles. The van der Waals surface area contributed by atoms with E-state index < -0.39 is 0 Å². The lowest BCUT2D eigenvalue weighted by atomic mass is 10.0. The van der Waals surface area contributed by atoms with Crippen LogP contribution in [0.15, 0.2) is 63.1 Å². The van der Waals surface area contributed by atoms with Gasteiger partial charge in [-0.05, 0) is 88.9 Å². The lowest BCUT2D eigenvalue weighted by molar-refractivity contribution is 0.198. The molecule has 0 atom stereocenters. The van der Waals surface area contributed by atoms with E-state index in [0.29, 0.717) is 6.67 Å². The Labute approximate surface area is 286 Å². The monoisotopic (exact) mass is 657 g/mol. The number of hydrogen-bond acceptors (Lipinski definition) is 5. The molecule has 0 bridgehead atoms. The first-order valence-corrected chi connectivity index (χ1v) is 18.2. The number of pyridine rings is 2. The van der Waals surface area contributed by atoms with Gasteiger partial charge in [0.15, 0.2) is 10.9 Å². The number of isothiocyanates is 1. The molecular formula is C40H55N3O3S. The molecule has 3 heterocycles. The summed E-state index contributed by atoms with van der Waals surface area (Å²) in [7, 11) is 0. The maximum atomic E-state index is 12.6. The van der Waals surface area contributed by atoms with Crippen molar-refractivity contribution in [2.24, 2.45) is 4.99 Å². The molecule has 1 aliphatic heterocycles. The number of fused-ring (bicyclic) bond motifs is 2. The Morgan fingerprint density at radius 3 is 1.96 bits per heavy atom. The second-order valence-electron chi connectivity index (χ2n) is 12.5. The van der Waals surface area contributed by atoms with Gasteiger partial charge in [-0.25, -0.2) is 4.99 Å². The fourth-order valence-corrected chi connectivity index (χ4v) is 6.17. The maximum Gasteiger partial charge on any atom is 0.192 e. The number of benzene rings is 2. The molecule has 1 N–H and O–H groups in total. The lowest BCUT2D eigenvalue weighted by Crippen LogP contribution is -2.18. The van der Waals surface area contributed by atoms with Gasteiger partial charge in [0.2, 0.25) is 0 Å². The summed E-state index contributed by atoms with van der Waals surface area (Å²) in [5.41, 5.74) is 6.11. The summed E-state index contributed by atoms with van der Waals surface area (Å²) in [5.74, 6) is 0. The van der Waals surface area contributed by atoms with Gasteiger partial charge in [0.25, 0.3) is 0 Å². The predicted octanol–water partition coefficient (Wildman–Crippen LogP) is 10.0. The third kappa shape index (κ3) is 11.7. The molecule has 7 heteroatoms. The minimum Gasteiger partial charge on any atom is -0.381 e. The molecule has 1 saturated heterocycles. The maximum absolute atomic E-state index is 12.6. The zero-order valence-corrected chi connectivity index (χ0v) is 30.0. The van der Waals surface area contributed by atoms with Crippen LogP contribution in [-0.2, 0) is 24.2 Å². The smallest absolute Gasteiger partial charge is 0.192 e. The highest BCUT2D eigenvalue weighted by molar-refractivity contribution is 7.78. The predicted molar refractivity (Wildman–Crippen MR) is 202 cm³/mol. The number of aromatic amines is 1. The number of hydrogen-bond donors (Lipinski definition) is 1. The first-order chi connectivity index (χ1) is 22.9. The van der Waals surface area contributed by atoms with Gasteiger partial charge >= 0.3 is 0 Å². The molecule has 1 aliphatic rings. The summed E-state index contributed by atoms with van der Waals surface area (Å²) in [5, 5.41) is 3.99. The number of aryl methyl sites for hydroxylation is 1. The van der Waals surface area contributed by atoms with Crippen molar-refractivity contribution >= 4 is 39.2 Å². The molecule has 0 spiro atoms. The minimum atomic E-state index is 0.131. The Hall–Kier alpha value is -3.38. The standard InChI is InChI=1S/C19H24N2OS.C17H23NO.C4H8O/c1-3-4-5-6-7-11-17-15(2)19(22)16-10-8-9-12-18(16)21(17)13-20-14-23;1-3-4-5-6-7-11-15-13(2)17(19)14-10-8-9-12-16(14)18-15;1-2-4-5-3-1/h8-10,12H,3-7,11,13H2,1-2H3;8-10,12H,3-7,11H2,1-2H3,(H,18,19);1-4H2. The summed E-state index contributed by atoms with van der Waals surface area (Å²) < 4.78 is 7.06. The van der Waals surface area contributed by atoms with Crippen LogP contribution in [0.3, 0.4) is 0 Å². The molecule has 2 aromatic carbocycles. The van der Waals surface area contributed by atoms with Crippen molar-refractivity contribution < 1.29 is 4.74 Å². The number of unbranched alkanes of at least 4 members (excludes halogenated alkanes) is 8. The molecule has 0 saturated carbocycles. The fraction of sp³-hybridized carbons (Fsp3) is 0.525. The van der Waals surface area contributed by atoms with Gasteiger partial charge in [-0.3, -0.25) is 9.59 Å². The molecule has 1 fully saturated rings. The van der Waals surface area contributed by atoms with E-state index in [1.165, 1.54) is 64.2 Å². The van der Waals surface area contributed by atoms with Crippen LogP contribution in [0.2, 0.25) is 0 Å². The molecule has 5 rings (SSSR count). The van der Waals surface area contributed by atoms with E-state index in [2.05, 4.69) is 33.6 Å². The highest BCUT2D eigenvalue weighted by Crippen LogP contribution is 2.19. The molecular weight excluding hydrogens is 603 g/mol. The molecule has 254 valence electrons. The van der Waals surface area contributed by atoms with E-state index in [1.54, 1.807) is 0 Å². The van der Waals surface area contributed by atoms with Crippen LogP contribution in [0.1, 0.15) is 113 Å². The highest BCUT2D eigenvalue weighted by atomic mass is 32.1. The van der Waals surface area contributed by atoms with Crippen molar-refractivity contribution in [2.75, 3.05) is 13.2 Å². The molecule has 4 aromatic rings. The number of aromatic nitrogens is 2. The van der Waals surface area contributed by atoms with Crippen LogP contribution in [0, 0.1) is 13.8 Å². The third-order valence-corrected chi connectivity index (χ3v) is 9.07. The summed E-state index contributed by atoms with van der Waals surface area (Å²) in [6.45, 7) is 10.7. The highest BCUT2D eigenvalue weighted by Gasteiger charge is 2.13. The second-order valence-corrected chi connectivity index (χ2v) is 12.7. The van der Waals surface area contributed by atoms with Crippen molar-refractivity contribution in [3.63, 3.8) is 0 Å². The SMILES string of the molecule is C1CCOC1.CCCCCCCc1[nH]c2ccccc2c(=O)c1C.CCCCCCCc1c(C)c(=O)c2ccccc2n1CN=C=S. The van der Waals surface area contributed by atoms with Crippen molar-refractivity contribution in [3.05, 3.63) is 91.5 Å². The van der Waals surface area contributed by atoms with Crippen molar-refractivity contribution in [1.82, 2.24) is 9.55 Å². The number of H-pyrrole nitrogens is 1. The number of ether oxygens (including phenoxy) is 1. The van der Waals surface area contributed by atoms with Crippen LogP contribution < -0.4 is 10.9 Å². The number of aliphatic imine (C=N–C) groups is 1. The normalized spacial score (nSPS) is 12.3. The quantitative estimate of drug-likeness (QED) is 0.0832. The zero-order chi connectivity index (χ0) is 33.9. The van der Waals surface area contributed by atoms with Crippen LogP contribution in [-0.4, -0.2) is 27.9 Å². The van der Waals surface area contributed by atoms with Crippen LogP contribution >= 0.6 is 12.2 Å². The lowest BCUT2D eigenvalue weighted by Gasteiger charge is -2.17. The van der Waals surface area contributed by atoms with Crippen molar-refractivity contribution in [1.29, 1.82) is 0 Å². The van der Waals surface area contributed by atoms with Crippen molar-refractivity contribution in [3.8, 4) is 0 Å². The number of nitrogens with zero attached hydrogens (tertiary/aromatic N) is 2. The van der Waals surface area contributed by atoms with Crippen LogP contribution in [0.25, 0.3) is 21.8 Å². The van der Waals surface area contributed by atoms with E-state index in [1.807, 2.05) is 62.4 Å². The summed E-state index contributed by atoms with van der Waals surface area (Å²) in [6.07, 6.45) is 16.8. The molecule has 2 aromatic heterocycles. The van der Waals surface area contributed by atoms with Crippen LogP contribution in [0.4, 0.5) is 0 Å². The largest absolute Gasteiger partial charge is 0.381 e. The van der Waals surface area contributed by atoms with Gasteiger partial charge in [-0.2, -0.15) is 0 Å². The Morgan fingerprint density at radius 1 is 0.766 bits per heavy atom. The minimum absolute atomic E-state index is 0.131. The van der Waals surface area contributed by atoms with Gasteiger partial charge in [-0.15, -0.1) is 0 Å². The number of para-hydroxylation sites is 2. The summed E-state index contributed by atoms with van der Waals surface area (Å²) in [6, 6.07) is 15.5. The first-order valence-electron chi connectivity index (χ1n) is 17.8. The Balaban J connectivity index is 0.000000225. The Morgan fingerprint density at radius 2 is 1.34 bits per heavy atom. The average Bonchev–Trinajstić information content (AvgIpc) is 3.69. The molecule has 0 unspecified atom stereocenters. The molecule has 47 heavy (non-hydrogen) atoms. The molecule has 0 amide bonds. The van der Waals surface area contributed by atoms with E-state index in [4.69, 9.17) is 17.0 Å². The second kappa shape index (κ2) is 21.5.